The van der Waals surface area contributed by atoms with E-state index in [1.807, 2.05) is 6.08 Å². The van der Waals surface area contributed by atoms with Crippen LogP contribution < -0.4 is 0 Å². The van der Waals surface area contributed by atoms with E-state index in [1.165, 1.54) is 25.7 Å². The summed E-state index contributed by atoms with van der Waals surface area (Å²) in [5.74, 6) is 0. The van der Waals surface area contributed by atoms with Gasteiger partial charge in [-0.15, -0.1) is 0 Å². The minimum absolute atomic E-state index is 1.13. The van der Waals surface area contributed by atoms with Gasteiger partial charge in [0.25, 0.3) is 0 Å². The van der Waals surface area contributed by atoms with Gasteiger partial charge in [0.05, 0.1) is 0 Å². The van der Waals surface area contributed by atoms with E-state index in [1.54, 1.807) is 5.54 Å². The quantitative estimate of drug-likeness (QED) is 0.472. The highest BCUT2D eigenvalue weighted by Gasteiger charge is 1.85. The van der Waals surface area contributed by atoms with Crippen LogP contribution in [0.5, 0.6) is 0 Å². The zero-order chi connectivity index (χ0) is 7.66. The van der Waals surface area contributed by atoms with Crippen LogP contribution in [0.15, 0.2) is 11.6 Å². The van der Waals surface area contributed by atoms with Crippen molar-refractivity contribution in [2.75, 3.05) is 5.33 Å². The van der Waals surface area contributed by atoms with Gasteiger partial charge in [0.2, 0.25) is 0 Å². The number of hydrogen-bond donors (Lipinski definition) is 0. The number of unbranched alkanes of at least 4 members (excludes halogenated alkanes) is 4. The summed E-state index contributed by atoms with van der Waals surface area (Å²) in [6.45, 7) is 0. The Kier molecular flexibility index (Phi) is 10.00. The molecule has 0 aromatic heterocycles. The molecule has 0 radical (unpaired) electrons. The van der Waals surface area contributed by atoms with Crippen molar-refractivity contribution in [3.63, 3.8) is 0 Å². The summed E-state index contributed by atoms with van der Waals surface area (Å²) in [7, 11) is 0. The molecule has 0 unspecified atom stereocenters. The maximum Gasteiger partial charge on any atom is 0.00313 e. The van der Waals surface area contributed by atoms with Gasteiger partial charge in [0, 0.05) is 10.9 Å². The van der Waals surface area contributed by atoms with Crippen LogP contribution in [0.2, 0.25) is 0 Å². The maximum absolute atomic E-state index is 5.35. The summed E-state index contributed by atoms with van der Waals surface area (Å²) in [5, 5.41) is 1.14. The average molecular weight is 226 g/mol. The molecule has 0 aromatic carbocycles. The van der Waals surface area contributed by atoms with Gasteiger partial charge in [-0.25, -0.2) is 0 Å². The summed E-state index contributed by atoms with van der Waals surface area (Å²) in [6.07, 6.45) is 8.37. The summed E-state index contributed by atoms with van der Waals surface area (Å²) < 4.78 is 0. The number of allylic oxidation sites excluding steroid dienone is 1. The lowest BCUT2D eigenvalue weighted by molar-refractivity contribution is 0.680. The van der Waals surface area contributed by atoms with Crippen LogP contribution in [0.25, 0.3) is 0 Å². The second kappa shape index (κ2) is 9.51. The van der Waals surface area contributed by atoms with Crippen molar-refractivity contribution in [2.24, 2.45) is 0 Å². The molecule has 0 aliphatic carbocycles. The molecule has 0 aliphatic rings. The normalized spacial score (nSPS) is 11.0. The Morgan fingerprint density at radius 1 is 1.10 bits per heavy atom. The first-order chi connectivity index (χ1) is 4.91. The number of halogens is 2. The van der Waals surface area contributed by atoms with E-state index in [0.29, 0.717) is 0 Å². The third-order valence-corrected chi connectivity index (χ3v) is 2.08. The molecule has 0 amide bonds. The molecule has 0 rings (SSSR count). The van der Waals surface area contributed by atoms with Gasteiger partial charge >= 0.3 is 0 Å². The third kappa shape index (κ3) is 8.51. The van der Waals surface area contributed by atoms with E-state index in [9.17, 15) is 0 Å². The second-order valence-electron chi connectivity index (χ2n) is 2.25. The van der Waals surface area contributed by atoms with Crippen molar-refractivity contribution in [2.45, 2.75) is 32.1 Å². The molecule has 0 nitrogen and oxygen atoms in total. The molecule has 0 N–H and O–H groups in total. The highest BCUT2D eigenvalue weighted by atomic mass is 79.9. The fraction of sp³-hybridized carbons (Fsp3) is 0.750. The van der Waals surface area contributed by atoms with Crippen molar-refractivity contribution in [1.29, 1.82) is 0 Å². The van der Waals surface area contributed by atoms with Gasteiger partial charge in [-0.1, -0.05) is 46.4 Å². The van der Waals surface area contributed by atoms with Gasteiger partial charge < -0.3 is 0 Å². The molecule has 60 valence electrons. The van der Waals surface area contributed by atoms with E-state index < -0.39 is 0 Å². The second-order valence-corrected chi connectivity index (χ2v) is 3.30. The molecule has 0 heterocycles. The molecule has 2 heteroatoms. The molecule has 0 aromatic rings. The number of alkyl halides is 1. The summed E-state index contributed by atoms with van der Waals surface area (Å²) >= 11 is 8.75. The first kappa shape index (κ1) is 10.5. The van der Waals surface area contributed by atoms with E-state index >= 15 is 0 Å². The lowest BCUT2D eigenvalue weighted by Gasteiger charge is -1.94. The predicted molar refractivity (Wildman–Crippen MR) is 51.9 cm³/mol. The van der Waals surface area contributed by atoms with Crippen LogP contribution in [0.1, 0.15) is 32.1 Å². The van der Waals surface area contributed by atoms with Crippen LogP contribution in [-0.2, 0) is 0 Å². The van der Waals surface area contributed by atoms with Crippen LogP contribution in [0, 0.1) is 0 Å². The van der Waals surface area contributed by atoms with Crippen molar-refractivity contribution < 1.29 is 0 Å². The molecular formula is C8H14BrCl. The Morgan fingerprint density at radius 3 is 2.40 bits per heavy atom. The molecule has 0 spiro atoms. The predicted octanol–water partition coefficient (Wildman–Crippen LogP) is 4.08. The van der Waals surface area contributed by atoms with E-state index in [0.717, 1.165) is 11.8 Å². The lowest BCUT2D eigenvalue weighted by Crippen LogP contribution is -1.77. The lowest BCUT2D eigenvalue weighted by atomic mass is 10.2. The third-order valence-electron chi connectivity index (χ3n) is 1.34. The first-order valence-corrected chi connectivity index (χ1v) is 5.28. The largest absolute Gasteiger partial charge is 0.0933 e. The number of rotatable bonds is 6. The zero-order valence-electron chi connectivity index (χ0n) is 6.15. The Hall–Kier alpha value is 0.510. The summed E-state index contributed by atoms with van der Waals surface area (Å²) in [5.41, 5.74) is 1.60. The van der Waals surface area contributed by atoms with Crippen molar-refractivity contribution in [3.05, 3.63) is 11.6 Å². The van der Waals surface area contributed by atoms with Crippen LogP contribution in [0.3, 0.4) is 0 Å². The van der Waals surface area contributed by atoms with E-state index in [4.69, 9.17) is 11.6 Å². The molecule has 0 saturated heterocycles. The van der Waals surface area contributed by atoms with Crippen molar-refractivity contribution in [1.82, 2.24) is 0 Å². The number of hydrogen-bond acceptors (Lipinski definition) is 0. The molecule has 0 atom stereocenters. The highest BCUT2D eigenvalue weighted by Crippen LogP contribution is 2.04. The zero-order valence-corrected chi connectivity index (χ0v) is 8.50. The van der Waals surface area contributed by atoms with Gasteiger partial charge in [-0.3, -0.25) is 0 Å². The first-order valence-electron chi connectivity index (χ1n) is 3.73. The van der Waals surface area contributed by atoms with Crippen molar-refractivity contribution >= 4 is 27.5 Å². The van der Waals surface area contributed by atoms with Crippen LogP contribution in [0.4, 0.5) is 0 Å². The van der Waals surface area contributed by atoms with Crippen LogP contribution in [-0.4, -0.2) is 5.33 Å². The van der Waals surface area contributed by atoms with Crippen LogP contribution >= 0.6 is 27.5 Å². The maximum atomic E-state index is 5.35. The fourth-order valence-corrected chi connectivity index (χ4v) is 1.30. The average Bonchev–Trinajstić information content (AvgIpc) is 1.97. The fourth-order valence-electron chi connectivity index (χ4n) is 0.773. The molecule has 10 heavy (non-hydrogen) atoms. The SMILES string of the molecule is Cl/C=C\CCCCCCBr. The molecule has 0 aliphatic heterocycles. The minimum Gasteiger partial charge on any atom is -0.0933 e. The molecule has 0 bridgehead atoms. The molecular weight excluding hydrogens is 211 g/mol. The Morgan fingerprint density at radius 2 is 1.80 bits per heavy atom. The van der Waals surface area contributed by atoms with E-state index in [-0.39, 0.29) is 0 Å². The minimum atomic E-state index is 1.13. The Labute approximate surface area is 76.8 Å². The van der Waals surface area contributed by atoms with Gasteiger partial charge in [-0.2, -0.15) is 0 Å². The summed E-state index contributed by atoms with van der Waals surface area (Å²) in [6, 6.07) is 0. The van der Waals surface area contributed by atoms with E-state index in [2.05, 4.69) is 15.9 Å². The summed E-state index contributed by atoms with van der Waals surface area (Å²) in [4.78, 5) is 0. The Balaban J connectivity index is 2.77. The van der Waals surface area contributed by atoms with Crippen molar-refractivity contribution in [3.8, 4) is 0 Å². The van der Waals surface area contributed by atoms with Gasteiger partial charge in [0.1, 0.15) is 0 Å². The molecule has 0 fully saturated rings. The topological polar surface area (TPSA) is 0 Å². The Bertz CT molecular complexity index is 81.3. The molecule has 0 saturated carbocycles. The monoisotopic (exact) mass is 224 g/mol. The van der Waals surface area contributed by atoms with Gasteiger partial charge in [0.15, 0.2) is 0 Å². The standard InChI is InChI=1S/C8H14BrCl/c9-7-5-3-1-2-4-6-8-10/h6,8H,1-5,7H2/b8-6-. The smallest absolute Gasteiger partial charge is 0.00313 e. The highest BCUT2D eigenvalue weighted by molar-refractivity contribution is 9.09. The van der Waals surface area contributed by atoms with Gasteiger partial charge in [-0.05, 0) is 19.3 Å².